The highest BCUT2D eigenvalue weighted by molar-refractivity contribution is 7.89. The van der Waals surface area contributed by atoms with Crippen LogP contribution >= 0.6 is 0 Å². The fourth-order valence-electron chi connectivity index (χ4n) is 3.65. The molecule has 2 N–H and O–H groups in total. The van der Waals surface area contributed by atoms with Gasteiger partial charge in [0.25, 0.3) is 0 Å². The van der Waals surface area contributed by atoms with Crippen LogP contribution in [0, 0.1) is 5.92 Å². The molecule has 6 nitrogen and oxygen atoms in total. The molecule has 1 aliphatic rings. The molecule has 2 heterocycles. The summed E-state index contributed by atoms with van der Waals surface area (Å²) in [6.07, 6.45) is 4.70. The van der Waals surface area contributed by atoms with Gasteiger partial charge in [-0.2, -0.15) is 0 Å². The van der Waals surface area contributed by atoms with Gasteiger partial charge >= 0.3 is 0 Å². The van der Waals surface area contributed by atoms with E-state index in [2.05, 4.69) is 23.3 Å². The molecule has 0 saturated carbocycles. The van der Waals surface area contributed by atoms with Crippen molar-refractivity contribution in [3.63, 3.8) is 0 Å². The number of rotatable bonds is 6. The van der Waals surface area contributed by atoms with E-state index < -0.39 is 10.0 Å². The van der Waals surface area contributed by atoms with Crippen molar-refractivity contribution in [1.82, 2.24) is 14.5 Å². The summed E-state index contributed by atoms with van der Waals surface area (Å²) in [4.78, 5) is 7.34. The summed E-state index contributed by atoms with van der Waals surface area (Å²) >= 11 is 0. The van der Waals surface area contributed by atoms with E-state index in [4.69, 9.17) is 10.1 Å². The van der Waals surface area contributed by atoms with Crippen LogP contribution in [0.25, 0.3) is 11.0 Å². The van der Waals surface area contributed by atoms with Crippen LogP contribution in [-0.2, 0) is 23.1 Å². The summed E-state index contributed by atoms with van der Waals surface area (Å²) in [7, 11) is -3.71. The van der Waals surface area contributed by atoms with Crippen LogP contribution in [0.5, 0.6) is 0 Å². The largest absolute Gasteiger partial charge is 0.327 e. The molecule has 0 amide bonds. The second-order valence-corrected chi connectivity index (χ2v) is 8.77. The van der Waals surface area contributed by atoms with Crippen LogP contribution in [0.4, 0.5) is 0 Å². The Labute approximate surface area is 150 Å². The number of imidazole rings is 1. The standard InChI is InChI=1S/C18H28N4O2S/c1-3-4-10-22-17-8-7-15(25(19,23)24)11-16(17)20-18(22)13-21-9-5-6-14(2)12-21/h7-8,11,14H,3-6,9-10,12-13H2,1-2H3,(H2,19,23,24). The Hall–Kier alpha value is -1.44. The lowest BCUT2D eigenvalue weighted by atomic mass is 10.0. The molecule has 2 aromatic rings. The topological polar surface area (TPSA) is 81.2 Å². The number of nitrogens with two attached hydrogens (primary N) is 1. The molecule has 1 aromatic carbocycles. The molecule has 0 aliphatic carbocycles. The molecule has 138 valence electrons. The Morgan fingerprint density at radius 2 is 2.16 bits per heavy atom. The van der Waals surface area contributed by atoms with Crippen molar-refractivity contribution in [2.75, 3.05) is 13.1 Å². The SMILES string of the molecule is CCCCn1c(CN2CCCC(C)C2)nc2cc(S(N)(=O)=O)ccc21. The molecule has 7 heteroatoms. The van der Waals surface area contributed by atoms with Gasteiger partial charge in [0, 0.05) is 13.1 Å². The third kappa shape index (κ3) is 4.22. The van der Waals surface area contributed by atoms with Gasteiger partial charge in [-0.1, -0.05) is 20.3 Å². The van der Waals surface area contributed by atoms with E-state index in [1.807, 2.05) is 6.07 Å². The molecular formula is C18H28N4O2S. The van der Waals surface area contributed by atoms with Gasteiger partial charge in [-0.15, -0.1) is 0 Å². The maximum Gasteiger partial charge on any atom is 0.238 e. The highest BCUT2D eigenvalue weighted by atomic mass is 32.2. The predicted octanol–water partition coefficient (Wildman–Crippen LogP) is 2.72. The van der Waals surface area contributed by atoms with Gasteiger partial charge in [0.15, 0.2) is 0 Å². The second kappa shape index (κ2) is 7.43. The highest BCUT2D eigenvalue weighted by Crippen LogP contribution is 2.23. The van der Waals surface area contributed by atoms with Crippen molar-refractivity contribution in [3.8, 4) is 0 Å². The predicted molar refractivity (Wildman–Crippen MR) is 99.7 cm³/mol. The monoisotopic (exact) mass is 364 g/mol. The van der Waals surface area contributed by atoms with Crippen LogP contribution in [0.1, 0.15) is 45.4 Å². The molecule has 1 fully saturated rings. The molecule has 0 radical (unpaired) electrons. The number of unbranched alkanes of at least 4 members (excludes halogenated alkanes) is 1. The molecule has 1 atom stereocenters. The molecule has 1 aliphatic heterocycles. The van der Waals surface area contributed by atoms with Crippen molar-refractivity contribution < 1.29 is 8.42 Å². The minimum atomic E-state index is -3.71. The Kier molecular flexibility index (Phi) is 5.46. The highest BCUT2D eigenvalue weighted by Gasteiger charge is 2.20. The number of aromatic nitrogens is 2. The molecular weight excluding hydrogens is 336 g/mol. The number of primary sulfonamides is 1. The van der Waals surface area contributed by atoms with Crippen LogP contribution in [0.3, 0.4) is 0 Å². The second-order valence-electron chi connectivity index (χ2n) is 7.21. The van der Waals surface area contributed by atoms with E-state index in [1.54, 1.807) is 12.1 Å². The van der Waals surface area contributed by atoms with E-state index in [0.29, 0.717) is 5.52 Å². The smallest absolute Gasteiger partial charge is 0.238 e. The Morgan fingerprint density at radius 3 is 2.84 bits per heavy atom. The van der Waals surface area contributed by atoms with Gasteiger partial charge in [0.2, 0.25) is 10.0 Å². The third-order valence-corrected chi connectivity index (χ3v) is 5.88. The van der Waals surface area contributed by atoms with Crippen molar-refractivity contribution in [2.45, 2.75) is 57.5 Å². The maximum absolute atomic E-state index is 11.6. The van der Waals surface area contributed by atoms with E-state index in [9.17, 15) is 8.42 Å². The summed E-state index contributed by atoms with van der Waals surface area (Å²) in [5, 5.41) is 5.27. The number of hydrogen-bond acceptors (Lipinski definition) is 4. The number of sulfonamides is 1. The lowest BCUT2D eigenvalue weighted by molar-refractivity contribution is 0.171. The number of likely N-dealkylation sites (tertiary alicyclic amines) is 1. The quantitative estimate of drug-likeness (QED) is 0.854. The summed E-state index contributed by atoms with van der Waals surface area (Å²) in [5.74, 6) is 1.74. The van der Waals surface area contributed by atoms with Crippen molar-refractivity contribution >= 4 is 21.1 Å². The molecule has 1 unspecified atom stereocenters. The first-order valence-corrected chi connectivity index (χ1v) is 10.7. The Bertz CT molecular complexity index is 844. The number of hydrogen-bond donors (Lipinski definition) is 1. The first-order chi connectivity index (χ1) is 11.9. The van der Waals surface area contributed by atoms with Crippen LogP contribution in [-0.4, -0.2) is 36.0 Å². The zero-order valence-corrected chi connectivity index (χ0v) is 15.9. The third-order valence-electron chi connectivity index (χ3n) is 4.97. The van der Waals surface area contributed by atoms with Crippen LogP contribution < -0.4 is 5.14 Å². The fourth-order valence-corrected chi connectivity index (χ4v) is 4.19. The Balaban J connectivity index is 1.97. The number of benzene rings is 1. The van der Waals surface area contributed by atoms with Crippen molar-refractivity contribution in [3.05, 3.63) is 24.0 Å². The molecule has 1 saturated heterocycles. The summed E-state index contributed by atoms with van der Waals surface area (Å²) in [6.45, 7) is 8.38. The summed E-state index contributed by atoms with van der Waals surface area (Å²) in [6, 6.07) is 5.00. The van der Waals surface area contributed by atoms with E-state index in [1.165, 1.54) is 12.8 Å². The zero-order chi connectivity index (χ0) is 18.0. The zero-order valence-electron chi connectivity index (χ0n) is 15.1. The van der Waals surface area contributed by atoms with Gasteiger partial charge in [-0.05, 0) is 49.9 Å². The van der Waals surface area contributed by atoms with Crippen LogP contribution in [0.15, 0.2) is 23.1 Å². The van der Waals surface area contributed by atoms with Gasteiger partial charge in [-0.3, -0.25) is 4.90 Å². The fraction of sp³-hybridized carbons (Fsp3) is 0.611. The normalized spacial score (nSPS) is 19.6. The minimum Gasteiger partial charge on any atom is -0.327 e. The molecule has 25 heavy (non-hydrogen) atoms. The average Bonchev–Trinajstić information content (AvgIpc) is 2.88. The van der Waals surface area contributed by atoms with Crippen molar-refractivity contribution in [2.24, 2.45) is 11.1 Å². The first-order valence-electron chi connectivity index (χ1n) is 9.13. The van der Waals surface area contributed by atoms with E-state index in [0.717, 1.165) is 56.3 Å². The Morgan fingerprint density at radius 1 is 1.36 bits per heavy atom. The first kappa shape index (κ1) is 18.4. The van der Waals surface area contributed by atoms with Gasteiger partial charge in [0.05, 0.1) is 22.5 Å². The molecule has 0 spiro atoms. The van der Waals surface area contributed by atoms with E-state index >= 15 is 0 Å². The van der Waals surface area contributed by atoms with Gasteiger partial charge in [-0.25, -0.2) is 18.5 Å². The maximum atomic E-state index is 11.6. The number of nitrogens with zero attached hydrogens (tertiary/aromatic N) is 3. The van der Waals surface area contributed by atoms with Crippen LogP contribution in [0.2, 0.25) is 0 Å². The molecule has 0 bridgehead atoms. The molecule has 1 aromatic heterocycles. The van der Waals surface area contributed by atoms with Crippen molar-refractivity contribution in [1.29, 1.82) is 0 Å². The minimum absolute atomic E-state index is 0.123. The number of aryl methyl sites for hydroxylation is 1. The van der Waals surface area contributed by atoms with Gasteiger partial charge in [0.1, 0.15) is 5.82 Å². The lowest BCUT2D eigenvalue weighted by Crippen LogP contribution is -2.34. The lowest BCUT2D eigenvalue weighted by Gasteiger charge is -2.30. The van der Waals surface area contributed by atoms with E-state index in [-0.39, 0.29) is 4.90 Å². The molecule has 3 rings (SSSR count). The van der Waals surface area contributed by atoms with Gasteiger partial charge < -0.3 is 4.57 Å². The number of fused-ring (bicyclic) bond motifs is 1. The summed E-state index contributed by atoms with van der Waals surface area (Å²) in [5.41, 5.74) is 1.70. The average molecular weight is 365 g/mol. The summed E-state index contributed by atoms with van der Waals surface area (Å²) < 4.78 is 25.5. The number of piperidine rings is 1.